The van der Waals surface area contributed by atoms with Crippen molar-refractivity contribution in [1.29, 1.82) is 0 Å². The maximum Gasteiger partial charge on any atom is 0.321 e. The van der Waals surface area contributed by atoms with Crippen molar-refractivity contribution in [2.24, 2.45) is 5.73 Å². The number of nitro benzene ring substituents is 2. The van der Waals surface area contributed by atoms with E-state index >= 15 is 0 Å². The van der Waals surface area contributed by atoms with Crippen molar-refractivity contribution in [3.63, 3.8) is 0 Å². The zero-order valence-electron chi connectivity index (χ0n) is 13.3. The van der Waals surface area contributed by atoms with Crippen LogP contribution in [0.15, 0.2) is 41.3 Å². The van der Waals surface area contributed by atoms with Crippen LogP contribution in [0.5, 0.6) is 5.75 Å². The van der Waals surface area contributed by atoms with E-state index in [0.717, 1.165) is 18.2 Å². The zero-order valence-corrected chi connectivity index (χ0v) is 14.1. The van der Waals surface area contributed by atoms with Gasteiger partial charge in [-0.15, -0.1) is 11.8 Å². The van der Waals surface area contributed by atoms with Crippen LogP contribution in [-0.2, 0) is 4.79 Å². The van der Waals surface area contributed by atoms with Gasteiger partial charge in [-0.2, -0.15) is 0 Å². The highest BCUT2D eigenvalue weighted by molar-refractivity contribution is 8.00. The molecule has 0 saturated carbocycles. The first-order valence-electron chi connectivity index (χ1n) is 7.04. The van der Waals surface area contributed by atoms with Gasteiger partial charge in [-0.05, 0) is 18.2 Å². The van der Waals surface area contributed by atoms with Crippen LogP contribution in [0.3, 0.4) is 0 Å². The van der Waals surface area contributed by atoms with Gasteiger partial charge in [-0.3, -0.25) is 29.8 Å². The van der Waals surface area contributed by atoms with Crippen molar-refractivity contribution in [3.8, 4) is 5.75 Å². The van der Waals surface area contributed by atoms with Crippen molar-refractivity contribution < 1.29 is 28.6 Å². The van der Waals surface area contributed by atoms with Gasteiger partial charge in [-0.25, -0.2) is 4.39 Å². The third-order valence-electron chi connectivity index (χ3n) is 3.13. The Kier molecular flexibility index (Phi) is 6.03. The van der Waals surface area contributed by atoms with E-state index < -0.39 is 50.4 Å². The number of amides is 1. The minimum Gasteiger partial charge on any atom is -0.418 e. The standard InChI is InChI=1S/C15H10FN3O7S/c16-9-2-3-10(18(22)23)12(6-9)26-14(20)7-27-13-4-1-8(15(17)21)5-11(13)19(24)25/h1-6H,7H2,(H2,17,21). The molecule has 0 bridgehead atoms. The van der Waals surface area contributed by atoms with Crippen LogP contribution in [0.4, 0.5) is 15.8 Å². The number of hydrogen-bond acceptors (Lipinski definition) is 8. The van der Waals surface area contributed by atoms with E-state index in [1.807, 2.05) is 0 Å². The molecule has 2 aromatic rings. The average Bonchev–Trinajstić information content (AvgIpc) is 2.59. The molecule has 0 atom stereocenters. The van der Waals surface area contributed by atoms with Crippen molar-refractivity contribution in [1.82, 2.24) is 0 Å². The number of hydrogen-bond donors (Lipinski definition) is 1. The fraction of sp³-hybridized carbons (Fsp3) is 0.0667. The molecule has 0 radical (unpaired) electrons. The van der Waals surface area contributed by atoms with Gasteiger partial charge in [0.05, 0.1) is 20.5 Å². The lowest BCUT2D eigenvalue weighted by Gasteiger charge is -2.06. The molecule has 12 heteroatoms. The van der Waals surface area contributed by atoms with Crippen LogP contribution >= 0.6 is 11.8 Å². The van der Waals surface area contributed by atoms with Crippen LogP contribution in [0.2, 0.25) is 0 Å². The number of nitrogens with zero attached hydrogens (tertiary/aromatic N) is 2. The van der Waals surface area contributed by atoms with Gasteiger partial charge in [0, 0.05) is 23.8 Å². The quantitative estimate of drug-likeness (QED) is 0.246. The molecule has 27 heavy (non-hydrogen) atoms. The first-order chi connectivity index (χ1) is 12.7. The van der Waals surface area contributed by atoms with Crippen molar-refractivity contribution in [2.45, 2.75) is 4.90 Å². The topological polar surface area (TPSA) is 156 Å². The number of carbonyl (C=O) groups is 2. The highest BCUT2D eigenvalue weighted by Crippen LogP contribution is 2.31. The minimum atomic E-state index is -0.984. The predicted octanol–water partition coefficient (Wildman–Crippen LogP) is 2.44. The molecule has 0 aliphatic heterocycles. The summed E-state index contributed by atoms with van der Waals surface area (Å²) in [5.74, 6) is -3.71. The zero-order chi connectivity index (χ0) is 20.1. The van der Waals surface area contributed by atoms with Gasteiger partial charge in [0.25, 0.3) is 5.69 Å². The van der Waals surface area contributed by atoms with Gasteiger partial charge >= 0.3 is 11.7 Å². The molecule has 2 aromatic carbocycles. The lowest BCUT2D eigenvalue weighted by atomic mass is 10.2. The molecule has 2 N–H and O–H groups in total. The summed E-state index contributed by atoms with van der Waals surface area (Å²) in [7, 11) is 0. The summed E-state index contributed by atoms with van der Waals surface area (Å²) in [6.45, 7) is 0. The molecule has 0 spiro atoms. The summed E-state index contributed by atoms with van der Waals surface area (Å²) < 4.78 is 18.0. The molecule has 0 aliphatic rings. The average molecular weight is 395 g/mol. The van der Waals surface area contributed by atoms with Crippen LogP contribution in [0.25, 0.3) is 0 Å². The number of esters is 1. The predicted molar refractivity (Wildman–Crippen MR) is 91.0 cm³/mol. The molecule has 1 amide bonds. The van der Waals surface area contributed by atoms with E-state index in [9.17, 15) is 34.2 Å². The van der Waals surface area contributed by atoms with Crippen molar-refractivity contribution >= 4 is 35.0 Å². The van der Waals surface area contributed by atoms with E-state index in [1.165, 1.54) is 12.1 Å². The molecule has 140 valence electrons. The fourth-order valence-electron chi connectivity index (χ4n) is 1.94. The van der Waals surface area contributed by atoms with Crippen LogP contribution in [0, 0.1) is 26.0 Å². The van der Waals surface area contributed by atoms with E-state index in [1.54, 1.807) is 0 Å². The highest BCUT2D eigenvalue weighted by Gasteiger charge is 2.21. The van der Waals surface area contributed by atoms with Crippen LogP contribution < -0.4 is 10.5 Å². The fourth-order valence-corrected chi connectivity index (χ4v) is 2.72. The normalized spacial score (nSPS) is 10.3. The summed E-state index contributed by atoms with van der Waals surface area (Å²) in [5, 5.41) is 22.0. The Morgan fingerprint density at radius 2 is 1.74 bits per heavy atom. The van der Waals surface area contributed by atoms with E-state index in [-0.39, 0.29) is 10.5 Å². The Bertz CT molecular complexity index is 951. The number of halogens is 1. The first-order valence-corrected chi connectivity index (χ1v) is 8.03. The Hall–Kier alpha value is -3.54. The van der Waals surface area contributed by atoms with Gasteiger partial charge in [0.15, 0.2) is 0 Å². The van der Waals surface area contributed by atoms with E-state index in [0.29, 0.717) is 17.8 Å². The van der Waals surface area contributed by atoms with Gasteiger partial charge in [0.2, 0.25) is 11.7 Å². The number of ether oxygens (including phenoxy) is 1. The number of nitro groups is 2. The Morgan fingerprint density at radius 1 is 1.07 bits per heavy atom. The third kappa shape index (κ3) is 4.98. The highest BCUT2D eigenvalue weighted by atomic mass is 32.2. The van der Waals surface area contributed by atoms with E-state index in [4.69, 9.17) is 10.5 Å². The van der Waals surface area contributed by atoms with Crippen molar-refractivity contribution in [3.05, 3.63) is 68.0 Å². The largest absolute Gasteiger partial charge is 0.418 e. The molecule has 0 aromatic heterocycles. The molecule has 0 fully saturated rings. The number of rotatable bonds is 7. The maximum absolute atomic E-state index is 13.2. The summed E-state index contributed by atoms with van der Waals surface area (Å²) in [6.07, 6.45) is 0. The molecule has 2 rings (SSSR count). The van der Waals surface area contributed by atoms with Gasteiger partial charge < -0.3 is 10.5 Å². The lowest BCUT2D eigenvalue weighted by molar-refractivity contribution is -0.387. The molecular weight excluding hydrogens is 385 g/mol. The second kappa shape index (κ2) is 8.23. The second-order valence-corrected chi connectivity index (χ2v) is 5.95. The summed E-state index contributed by atoms with van der Waals surface area (Å²) in [6, 6.07) is 5.83. The van der Waals surface area contributed by atoms with E-state index in [2.05, 4.69) is 0 Å². The van der Waals surface area contributed by atoms with Crippen LogP contribution in [-0.4, -0.2) is 27.5 Å². The van der Waals surface area contributed by atoms with Gasteiger partial charge in [-0.1, -0.05) is 0 Å². The summed E-state index contributed by atoms with van der Waals surface area (Å²) in [4.78, 5) is 43.4. The smallest absolute Gasteiger partial charge is 0.321 e. The first kappa shape index (κ1) is 19.8. The number of benzene rings is 2. The minimum absolute atomic E-state index is 0.0516. The lowest BCUT2D eigenvalue weighted by Crippen LogP contribution is -2.13. The maximum atomic E-state index is 13.2. The SMILES string of the molecule is NC(=O)c1ccc(SCC(=O)Oc2cc(F)ccc2[N+](=O)[O-])c([N+](=O)[O-])c1. The Labute approximate surface area is 154 Å². The Morgan fingerprint density at radius 3 is 2.33 bits per heavy atom. The molecule has 0 unspecified atom stereocenters. The molecular formula is C15H10FN3O7S. The van der Waals surface area contributed by atoms with Crippen LogP contribution in [0.1, 0.15) is 10.4 Å². The van der Waals surface area contributed by atoms with Gasteiger partial charge in [0.1, 0.15) is 5.82 Å². The Balaban J connectivity index is 2.15. The summed E-state index contributed by atoms with van der Waals surface area (Å²) >= 11 is 0.710. The number of carbonyl (C=O) groups excluding carboxylic acids is 2. The second-order valence-electron chi connectivity index (χ2n) is 4.94. The van der Waals surface area contributed by atoms with Crippen molar-refractivity contribution in [2.75, 3.05) is 5.75 Å². The number of thioether (sulfide) groups is 1. The third-order valence-corrected chi connectivity index (χ3v) is 4.16. The number of primary amides is 1. The molecule has 10 nitrogen and oxygen atoms in total. The molecule has 0 saturated heterocycles. The number of nitrogens with two attached hydrogens (primary N) is 1. The molecule has 0 aliphatic carbocycles. The molecule has 0 heterocycles. The summed E-state index contributed by atoms with van der Waals surface area (Å²) in [5.41, 5.74) is 3.94. The monoisotopic (exact) mass is 395 g/mol.